The highest BCUT2D eigenvalue weighted by Gasteiger charge is 2.23. The van der Waals surface area contributed by atoms with Gasteiger partial charge >= 0.3 is 0 Å². The Bertz CT molecular complexity index is 446. The topological polar surface area (TPSA) is 85.1 Å². The largest absolute Gasteiger partial charge is 0.370 e. The van der Waals surface area contributed by atoms with E-state index in [0.29, 0.717) is 5.02 Å². The van der Waals surface area contributed by atoms with E-state index < -0.39 is 17.4 Å². The van der Waals surface area contributed by atoms with Crippen molar-refractivity contribution in [3.8, 4) is 0 Å². The lowest BCUT2D eigenvalue weighted by Gasteiger charge is -2.24. The number of carbonyl (C=O) groups is 2. The molecule has 0 unspecified atom stereocenters. The molecule has 0 spiro atoms. The summed E-state index contributed by atoms with van der Waals surface area (Å²) >= 11 is 5.75. The van der Waals surface area contributed by atoms with Gasteiger partial charge in [0, 0.05) is 23.2 Å². The molecule has 0 aliphatic rings. The van der Waals surface area contributed by atoms with Gasteiger partial charge in [-0.1, -0.05) is 11.6 Å². The van der Waals surface area contributed by atoms with Gasteiger partial charge < -0.3 is 11.1 Å². The molecule has 1 rings (SSSR count). The highest BCUT2D eigenvalue weighted by molar-refractivity contribution is 6.30. The number of rotatable bonds is 4. The van der Waals surface area contributed by atoms with Gasteiger partial charge in [0.15, 0.2) is 0 Å². The highest BCUT2D eigenvalue weighted by atomic mass is 35.5. The van der Waals surface area contributed by atoms with Crippen molar-refractivity contribution >= 4 is 23.4 Å². The van der Waals surface area contributed by atoms with Gasteiger partial charge in [-0.2, -0.15) is 0 Å². The lowest BCUT2D eigenvalue weighted by atomic mass is 10.00. The minimum absolute atomic E-state index is 0.0549. The van der Waals surface area contributed by atoms with Crippen LogP contribution in [0.15, 0.2) is 18.3 Å². The number of nitrogens with two attached hydrogens (primary N) is 1. The summed E-state index contributed by atoms with van der Waals surface area (Å²) < 4.78 is 0. The minimum Gasteiger partial charge on any atom is -0.370 e. The molecule has 1 aromatic heterocycles. The van der Waals surface area contributed by atoms with Crippen LogP contribution in [0.1, 0.15) is 30.8 Å². The van der Waals surface area contributed by atoms with Crippen molar-refractivity contribution in [3.63, 3.8) is 0 Å². The molecular formula is C11H14ClN3O2. The second kappa shape index (κ2) is 5.14. The molecule has 3 N–H and O–H groups in total. The molecule has 17 heavy (non-hydrogen) atoms. The van der Waals surface area contributed by atoms with Crippen LogP contribution in [0.4, 0.5) is 0 Å². The third-order valence-corrected chi connectivity index (χ3v) is 2.26. The van der Waals surface area contributed by atoms with Gasteiger partial charge in [-0.25, -0.2) is 0 Å². The second-order valence-corrected chi connectivity index (χ2v) is 4.78. The van der Waals surface area contributed by atoms with Gasteiger partial charge in [-0.05, 0) is 26.0 Å². The maximum Gasteiger partial charge on any atom is 0.270 e. The molecule has 5 nitrogen and oxygen atoms in total. The fraction of sp³-hybridized carbons (Fsp3) is 0.364. The molecule has 6 heteroatoms. The van der Waals surface area contributed by atoms with Crippen LogP contribution in [0, 0.1) is 0 Å². The maximum atomic E-state index is 11.8. The zero-order valence-electron chi connectivity index (χ0n) is 9.66. The fourth-order valence-corrected chi connectivity index (χ4v) is 1.54. The molecule has 92 valence electrons. The summed E-state index contributed by atoms with van der Waals surface area (Å²) in [5, 5.41) is 3.10. The zero-order chi connectivity index (χ0) is 13.1. The SMILES string of the molecule is CC(C)(CC(N)=O)NC(=O)c1cc(Cl)ccn1. The standard InChI is InChI=1S/C11H14ClN3O2/c1-11(2,6-9(13)16)15-10(17)8-5-7(12)3-4-14-8/h3-5H,6H2,1-2H3,(H2,13,16)(H,15,17). The number of primary amides is 1. The lowest BCUT2D eigenvalue weighted by Crippen LogP contribution is -2.46. The smallest absolute Gasteiger partial charge is 0.270 e. The number of carbonyl (C=O) groups excluding carboxylic acids is 2. The minimum atomic E-state index is -0.715. The predicted octanol–water partition coefficient (Wildman–Crippen LogP) is 1.12. The molecule has 0 radical (unpaired) electrons. The number of nitrogens with zero attached hydrogens (tertiary/aromatic N) is 1. The first kappa shape index (κ1) is 13.4. The molecule has 0 bridgehead atoms. The van der Waals surface area contributed by atoms with Crippen molar-refractivity contribution in [1.82, 2.24) is 10.3 Å². The average molecular weight is 256 g/mol. The van der Waals surface area contributed by atoms with E-state index in [0.717, 1.165) is 0 Å². The number of hydrogen-bond donors (Lipinski definition) is 2. The first-order valence-electron chi connectivity index (χ1n) is 5.02. The van der Waals surface area contributed by atoms with Crippen molar-refractivity contribution in [3.05, 3.63) is 29.0 Å². The lowest BCUT2D eigenvalue weighted by molar-refractivity contribution is -0.119. The quantitative estimate of drug-likeness (QED) is 0.845. The number of hydrogen-bond acceptors (Lipinski definition) is 3. The maximum absolute atomic E-state index is 11.8. The van der Waals surface area contributed by atoms with Crippen LogP contribution < -0.4 is 11.1 Å². The molecule has 1 heterocycles. The summed E-state index contributed by atoms with van der Waals surface area (Å²) in [5.74, 6) is -0.867. The molecule has 1 aromatic rings. The monoisotopic (exact) mass is 255 g/mol. The molecule has 0 aliphatic carbocycles. The second-order valence-electron chi connectivity index (χ2n) is 4.34. The van der Waals surface area contributed by atoms with Crippen LogP contribution in [-0.4, -0.2) is 22.3 Å². The normalized spacial score (nSPS) is 11.0. The number of halogens is 1. The van der Waals surface area contributed by atoms with E-state index in [1.807, 2.05) is 0 Å². The van der Waals surface area contributed by atoms with Gasteiger partial charge in [0.25, 0.3) is 5.91 Å². The van der Waals surface area contributed by atoms with Crippen molar-refractivity contribution in [2.75, 3.05) is 0 Å². The van der Waals surface area contributed by atoms with Crippen molar-refractivity contribution < 1.29 is 9.59 Å². The van der Waals surface area contributed by atoms with E-state index in [4.69, 9.17) is 17.3 Å². The van der Waals surface area contributed by atoms with Crippen molar-refractivity contribution in [2.45, 2.75) is 25.8 Å². The van der Waals surface area contributed by atoms with Gasteiger partial charge in [0.2, 0.25) is 5.91 Å². The highest BCUT2D eigenvalue weighted by Crippen LogP contribution is 2.11. The molecule has 0 fully saturated rings. The van der Waals surface area contributed by atoms with Crippen LogP contribution in [0.3, 0.4) is 0 Å². The van der Waals surface area contributed by atoms with Gasteiger partial charge in [0.1, 0.15) is 5.69 Å². The Hall–Kier alpha value is -1.62. The summed E-state index contributed by atoms with van der Waals surface area (Å²) in [6.07, 6.45) is 1.50. The van der Waals surface area contributed by atoms with E-state index >= 15 is 0 Å². The molecule has 0 aliphatic heterocycles. The van der Waals surface area contributed by atoms with E-state index in [1.54, 1.807) is 19.9 Å². The fourth-order valence-electron chi connectivity index (χ4n) is 1.38. The Kier molecular flexibility index (Phi) is 4.07. The number of aromatic nitrogens is 1. The van der Waals surface area contributed by atoms with E-state index in [9.17, 15) is 9.59 Å². The summed E-state index contributed by atoms with van der Waals surface area (Å²) in [7, 11) is 0. The number of pyridine rings is 1. The summed E-state index contributed by atoms with van der Waals surface area (Å²) in [4.78, 5) is 26.5. The van der Waals surface area contributed by atoms with Crippen LogP contribution in [0.2, 0.25) is 5.02 Å². The Labute approximate surface area is 104 Å². The van der Waals surface area contributed by atoms with Gasteiger partial charge in [0.05, 0.1) is 0 Å². The van der Waals surface area contributed by atoms with Crippen LogP contribution in [-0.2, 0) is 4.79 Å². The van der Waals surface area contributed by atoms with Crippen LogP contribution in [0.25, 0.3) is 0 Å². The molecule has 0 aromatic carbocycles. The molecule has 2 amide bonds. The molecular weight excluding hydrogens is 242 g/mol. The van der Waals surface area contributed by atoms with Gasteiger partial charge in [-0.3, -0.25) is 14.6 Å². The third kappa shape index (κ3) is 4.40. The summed E-state index contributed by atoms with van der Waals surface area (Å²) in [6, 6.07) is 3.03. The van der Waals surface area contributed by atoms with Crippen LogP contribution >= 0.6 is 11.6 Å². The summed E-state index contributed by atoms with van der Waals surface area (Å²) in [5.41, 5.74) is 4.58. The Morgan fingerprint density at radius 3 is 2.71 bits per heavy atom. The molecule has 0 atom stereocenters. The van der Waals surface area contributed by atoms with Crippen LogP contribution in [0.5, 0.6) is 0 Å². The average Bonchev–Trinajstić information content (AvgIpc) is 2.14. The summed E-state index contributed by atoms with van der Waals surface area (Å²) in [6.45, 7) is 3.42. The molecule has 0 saturated carbocycles. The predicted molar refractivity (Wildman–Crippen MR) is 64.6 cm³/mol. The number of amides is 2. The van der Waals surface area contributed by atoms with Gasteiger partial charge in [-0.15, -0.1) is 0 Å². The zero-order valence-corrected chi connectivity index (χ0v) is 10.4. The first-order chi connectivity index (χ1) is 7.80. The Morgan fingerprint density at radius 1 is 1.53 bits per heavy atom. The molecule has 0 saturated heterocycles. The van der Waals surface area contributed by atoms with E-state index in [1.165, 1.54) is 12.3 Å². The van der Waals surface area contributed by atoms with E-state index in [2.05, 4.69) is 10.3 Å². The third-order valence-electron chi connectivity index (χ3n) is 2.02. The first-order valence-corrected chi connectivity index (χ1v) is 5.40. The Morgan fingerprint density at radius 2 is 2.18 bits per heavy atom. The van der Waals surface area contributed by atoms with E-state index in [-0.39, 0.29) is 12.1 Å². The van der Waals surface area contributed by atoms with Crippen molar-refractivity contribution in [1.29, 1.82) is 0 Å². The number of nitrogens with one attached hydrogen (secondary N) is 1. The Balaban J connectivity index is 2.75. The van der Waals surface area contributed by atoms with Crippen molar-refractivity contribution in [2.24, 2.45) is 5.73 Å².